The highest BCUT2D eigenvalue weighted by molar-refractivity contribution is 5.33. The van der Waals surface area contributed by atoms with Gasteiger partial charge in [-0.3, -0.25) is 0 Å². The van der Waals surface area contributed by atoms with Crippen molar-refractivity contribution >= 4 is 0 Å². The van der Waals surface area contributed by atoms with Crippen LogP contribution >= 0.6 is 0 Å². The highest BCUT2D eigenvalue weighted by Crippen LogP contribution is 2.63. The predicted octanol–water partition coefficient (Wildman–Crippen LogP) is 8.00. The van der Waals surface area contributed by atoms with Crippen LogP contribution < -0.4 is 0 Å². The number of hydrogen-bond acceptors (Lipinski definition) is 1. The maximum atomic E-state index is 14.3. The minimum Gasteiger partial charge on any atom is -0.385 e. The number of aliphatic hydroxyl groups is 1. The number of unbranched alkanes of at least 4 members (excludes halogenated alkanes) is 1. The summed E-state index contributed by atoms with van der Waals surface area (Å²) in [5, 5.41) is 10.4. The molecule has 0 fully saturated rings. The highest BCUT2D eigenvalue weighted by Gasteiger charge is 2.93. The molecule has 0 heterocycles. The quantitative estimate of drug-likeness (QED) is 0.272. The summed E-state index contributed by atoms with van der Waals surface area (Å²) in [7, 11) is 0. The zero-order chi connectivity index (χ0) is 28.8. The van der Waals surface area contributed by atoms with E-state index in [0.717, 1.165) is 12.1 Å². The summed E-state index contributed by atoms with van der Waals surface area (Å²) in [6.07, 6.45) is -9.59. The van der Waals surface area contributed by atoms with Crippen LogP contribution in [0.1, 0.15) is 44.2 Å². The molecule has 1 rings (SSSR count). The number of aryl methyl sites for hydroxylation is 1. The van der Waals surface area contributed by atoms with Gasteiger partial charge in [-0.15, -0.1) is 0 Å². The van der Waals surface area contributed by atoms with E-state index in [4.69, 9.17) is 0 Å². The van der Waals surface area contributed by atoms with Crippen LogP contribution in [0.3, 0.4) is 0 Å². The summed E-state index contributed by atoms with van der Waals surface area (Å²) in [6, 6.07) is 4.52. The van der Waals surface area contributed by atoms with Gasteiger partial charge >= 0.3 is 41.7 Å². The second-order valence-corrected chi connectivity index (χ2v) is 8.29. The summed E-state index contributed by atoms with van der Waals surface area (Å²) in [5.41, 5.74) is -3.73. The smallest absolute Gasteiger partial charge is 0.385 e. The first-order valence-corrected chi connectivity index (χ1v) is 9.90. The highest BCUT2D eigenvalue weighted by atomic mass is 19.4. The van der Waals surface area contributed by atoms with Crippen LogP contribution in [0.15, 0.2) is 24.3 Å². The molecule has 1 unspecified atom stereocenters. The Kier molecular flexibility index (Phi) is 8.45. The Morgan fingerprint density at radius 3 is 1.50 bits per heavy atom. The largest absolute Gasteiger partial charge is 0.460 e. The Labute approximate surface area is 194 Å². The van der Waals surface area contributed by atoms with Crippen molar-refractivity contribution in [3.05, 3.63) is 35.4 Å². The standard InChI is InChI=1S/C20H19F15O/c1-3-4-7-11-8-5-6-9-12(11)13(2,36)10-14(21,22)15(23,24)16(25,26)17(27,28)18(29,30)19(31,32)20(33,34)35/h5-6,8-9,36H,3-4,7,10H2,1-2H3. The molecule has 0 amide bonds. The fourth-order valence-electron chi connectivity index (χ4n) is 3.27. The number of halogens is 15. The van der Waals surface area contributed by atoms with Crippen LogP contribution in [0.4, 0.5) is 65.9 Å². The maximum Gasteiger partial charge on any atom is 0.460 e. The average molecular weight is 560 g/mol. The molecular formula is C20H19F15O. The number of rotatable bonds is 11. The van der Waals surface area contributed by atoms with Gasteiger partial charge in [-0.05, 0) is 30.9 Å². The molecule has 0 aromatic heterocycles. The van der Waals surface area contributed by atoms with Crippen molar-refractivity contribution in [1.82, 2.24) is 0 Å². The second-order valence-electron chi connectivity index (χ2n) is 8.29. The van der Waals surface area contributed by atoms with E-state index in [-0.39, 0.29) is 12.0 Å². The lowest BCUT2D eigenvalue weighted by Crippen LogP contribution is -2.72. The molecule has 1 atom stereocenters. The van der Waals surface area contributed by atoms with Crippen molar-refractivity contribution in [3.63, 3.8) is 0 Å². The van der Waals surface area contributed by atoms with Gasteiger partial charge in [0.2, 0.25) is 0 Å². The second kappa shape index (κ2) is 9.46. The van der Waals surface area contributed by atoms with Crippen LogP contribution in [0, 0.1) is 0 Å². The molecule has 0 aliphatic rings. The minimum atomic E-state index is -8.35. The number of benzene rings is 1. The Bertz CT molecular complexity index is 903. The van der Waals surface area contributed by atoms with E-state index in [2.05, 4.69) is 0 Å². The van der Waals surface area contributed by atoms with Gasteiger partial charge in [0.1, 0.15) is 0 Å². The molecule has 36 heavy (non-hydrogen) atoms. The van der Waals surface area contributed by atoms with Gasteiger partial charge in [-0.25, -0.2) is 0 Å². The summed E-state index contributed by atoms with van der Waals surface area (Å²) in [4.78, 5) is 0. The van der Waals surface area contributed by atoms with Crippen LogP contribution in [-0.4, -0.2) is 46.8 Å². The van der Waals surface area contributed by atoms with Crippen molar-refractivity contribution in [2.24, 2.45) is 0 Å². The first-order chi connectivity index (χ1) is 15.8. The van der Waals surface area contributed by atoms with E-state index < -0.39 is 59.3 Å². The van der Waals surface area contributed by atoms with Crippen LogP contribution in [0.5, 0.6) is 0 Å². The molecule has 0 spiro atoms. The third-order valence-electron chi connectivity index (χ3n) is 5.36. The molecule has 1 N–H and O–H groups in total. The Hall–Kier alpha value is -1.87. The first-order valence-electron chi connectivity index (χ1n) is 9.90. The zero-order valence-electron chi connectivity index (χ0n) is 18.3. The lowest BCUT2D eigenvalue weighted by Gasteiger charge is -2.42. The normalized spacial score (nSPS) is 16.7. The number of hydrogen-bond donors (Lipinski definition) is 1. The van der Waals surface area contributed by atoms with Crippen LogP contribution in [-0.2, 0) is 12.0 Å². The Morgan fingerprint density at radius 2 is 1.06 bits per heavy atom. The van der Waals surface area contributed by atoms with Crippen molar-refractivity contribution in [1.29, 1.82) is 0 Å². The molecule has 1 nitrogen and oxygen atoms in total. The minimum absolute atomic E-state index is 0.0388. The fourth-order valence-corrected chi connectivity index (χ4v) is 3.27. The van der Waals surface area contributed by atoms with Crippen molar-refractivity contribution in [2.45, 2.75) is 86.8 Å². The van der Waals surface area contributed by atoms with Crippen molar-refractivity contribution in [2.75, 3.05) is 0 Å². The zero-order valence-corrected chi connectivity index (χ0v) is 18.3. The molecule has 0 bridgehead atoms. The molecule has 16 heteroatoms. The maximum absolute atomic E-state index is 14.3. The number of alkyl halides is 15. The first kappa shape index (κ1) is 32.2. The van der Waals surface area contributed by atoms with Gasteiger partial charge in [0.15, 0.2) is 0 Å². The van der Waals surface area contributed by atoms with E-state index in [0.29, 0.717) is 19.8 Å². The van der Waals surface area contributed by atoms with Crippen LogP contribution in [0.2, 0.25) is 0 Å². The molecule has 1 aromatic carbocycles. The van der Waals surface area contributed by atoms with E-state index >= 15 is 0 Å². The molecule has 0 radical (unpaired) electrons. The van der Waals surface area contributed by atoms with E-state index in [1.807, 2.05) is 0 Å². The lowest BCUT2D eigenvalue weighted by atomic mass is 9.81. The van der Waals surface area contributed by atoms with Crippen molar-refractivity contribution < 1.29 is 71.0 Å². The van der Waals surface area contributed by atoms with E-state index in [1.54, 1.807) is 6.92 Å². The molecule has 0 saturated carbocycles. The molecule has 0 saturated heterocycles. The lowest BCUT2D eigenvalue weighted by molar-refractivity contribution is -0.453. The SMILES string of the molecule is CCCCc1ccccc1C(C)(O)CC(F)(F)C(F)(F)C(F)(F)C(F)(F)C(F)(F)C(F)(F)C(F)(F)F. The Balaban J connectivity index is 3.55. The summed E-state index contributed by atoms with van der Waals surface area (Å²) in [5.74, 6) is -47.0. The molecule has 1 aromatic rings. The monoisotopic (exact) mass is 560 g/mol. The van der Waals surface area contributed by atoms with Gasteiger partial charge in [-0.1, -0.05) is 37.6 Å². The van der Waals surface area contributed by atoms with E-state index in [9.17, 15) is 71.0 Å². The average Bonchev–Trinajstić information content (AvgIpc) is 2.70. The molecular weight excluding hydrogens is 541 g/mol. The summed E-state index contributed by atoms with van der Waals surface area (Å²) >= 11 is 0. The summed E-state index contributed by atoms with van der Waals surface area (Å²) < 4.78 is 201. The fraction of sp³-hybridized carbons (Fsp3) is 0.700. The summed E-state index contributed by atoms with van der Waals surface area (Å²) in [6.45, 7) is 2.06. The van der Waals surface area contributed by atoms with Gasteiger partial charge in [0, 0.05) is 0 Å². The van der Waals surface area contributed by atoms with Crippen LogP contribution in [0.25, 0.3) is 0 Å². The van der Waals surface area contributed by atoms with Gasteiger partial charge in [0.25, 0.3) is 0 Å². The third-order valence-corrected chi connectivity index (χ3v) is 5.36. The third kappa shape index (κ3) is 4.97. The van der Waals surface area contributed by atoms with Crippen molar-refractivity contribution in [3.8, 4) is 0 Å². The molecule has 210 valence electrons. The van der Waals surface area contributed by atoms with Gasteiger partial charge in [0.05, 0.1) is 12.0 Å². The predicted molar refractivity (Wildman–Crippen MR) is 95.0 cm³/mol. The molecule has 0 aliphatic heterocycles. The molecule has 0 aliphatic carbocycles. The topological polar surface area (TPSA) is 20.2 Å². The van der Waals surface area contributed by atoms with Gasteiger partial charge in [-0.2, -0.15) is 65.9 Å². The van der Waals surface area contributed by atoms with Gasteiger partial charge < -0.3 is 5.11 Å². The Morgan fingerprint density at radius 1 is 0.639 bits per heavy atom. The van der Waals surface area contributed by atoms with E-state index in [1.165, 1.54) is 12.1 Å².